The van der Waals surface area contributed by atoms with Gasteiger partial charge in [-0.1, -0.05) is 12.1 Å². The third-order valence-corrected chi connectivity index (χ3v) is 7.39. The molecule has 4 nitrogen and oxygen atoms in total. The number of sulfonamides is 1. The first-order valence-corrected chi connectivity index (χ1v) is 8.98. The van der Waals surface area contributed by atoms with Crippen LogP contribution in [0.4, 0.5) is 5.69 Å². The van der Waals surface area contributed by atoms with Gasteiger partial charge in [0.25, 0.3) is 10.0 Å². The van der Waals surface area contributed by atoms with Gasteiger partial charge < -0.3 is 5.11 Å². The summed E-state index contributed by atoms with van der Waals surface area (Å²) in [5, 5.41) is 8.92. The summed E-state index contributed by atoms with van der Waals surface area (Å²) in [6, 6.07) is 8.09. The van der Waals surface area contributed by atoms with Crippen LogP contribution in [0, 0.1) is 0 Å². The number of nitrogens with one attached hydrogen (secondary N) is 1. The maximum absolute atomic E-state index is 12.1. The van der Waals surface area contributed by atoms with Crippen molar-refractivity contribution in [3.63, 3.8) is 0 Å². The third kappa shape index (κ3) is 3.57. The molecule has 0 atom stereocenters. The van der Waals surface area contributed by atoms with Crippen LogP contribution in [0.25, 0.3) is 0 Å². The molecule has 0 spiro atoms. The molecular weight excluding hydrogens is 418 g/mol. The van der Waals surface area contributed by atoms with Crippen LogP contribution in [0.5, 0.6) is 0 Å². The average molecular weight is 427 g/mol. The molecule has 19 heavy (non-hydrogen) atoms. The molecule has 0 unspecified atom stereocenters. The molecule has 102 valence electrons. The van der Waals surface area contributed by atoms with E-state index in [1.165, 1.54) is 0 Å². The van der Waals surface area contributed by atoms with Crippen molar-refractivity contribution in [2.75, 3.05) is 4.72 Å². The van der Waals surface area contributed by atoms with E-state index in [-0.39, 0.29) is 10.8 Å². The van der Waals surface area contributed by atoms with Crippen molar-refractivity contribution in [1.82, 2.24) is 0 Å². The monoisotopic (exact) mass is 425 g/mol. The fourth-order valence-electron chi connectivity index (χ4n) is 1.34. The number of rotatable bonds is 4. The zero-order valence-corrected chi connectivity index (χ0v) is 14.2. The molecule has 2 rings (SSSR count). The van der Waals surface area contributed by atoms with E-state index in [2.05, 4.69) is 36.6 Å². The zero-order chi connectivity index (χ0) is 14.0. The Hall–Kier alpha value is -0.410. The predicted molar refractivity (Wildman–Crippen MR) is 82.9 cm³/mol. The summed E-state index contributed by atoms with van der Waals surface area (Å²) in [5.41, 5.74) is 1.18. The van der Waals surface area contributed by atoms with Gasteiger partial charge in [0, 0.05) is 10.2 Å². The molecule has 0 aliphatic rings. The Morgan fingerprint density at radius 2 is 1.84 bits per heavy atom. The van der Waals surface area contributed by atoms with Crippen molar-refractivity contribution in [3.05, 3.63) is 44.2 Å². The number of thiophene rings is 1. The molecule has 1 heterocycles. The molecule has 1 aromatic heterocycles. The first-order valence-electron chi connectivity index (χ1n) is 5.10. The summed E-state index contributed by atoms with van der Waals surface area (Å²) in [5.74, 6) is 0. The second-order valence-electron chi connectivity index (χ2n) is 3.65. The number of benzene rings is 1. The smallest absolute Gasteiger partial charge is 0.271 e. The molecule has 0 aliphatic carbocycles. The topological polar surface area (TPSA) is 66.4 Å². The summed E-state index contributed by atoms with van der Waals surface area (Å²) in [4.78, 5) is 0. The van der Waals surface area contributed by atoms with Crippen molar-refractivity contribution in [3.8, 4) is 0 Å². The third-order valence-electron chi connectivity index (χ3n) is 2.28. The number of hydrogen-bond donors (Lipinski definition) is 2. The number of aliphatic hydroxyl groups is 1. The van der Waals surface area contributed by atoms with E-state index in [4.69, 9.17) is 5.11 Å². The first-order chi connectivity index (χ1) is 8.92. The SMILES string of the molecule is O=S(=O)(Nc1ccc(CO)cc1)c1cc(Br)c(Br)s1. The van der Waals surface area contributed by atoms with Crippen molar-refractivity contribution >= 4 is 58.9 Å². The molecule has 0 amide bonds. The van der Waals surface area contributed by atoms with Gasteiger partial charge in [0.05, 0.1) is 10.4 Å². The van der Waals surface area contributed by atoms with Crippen LogP contribution in [-0.4, -0.2) is 13.5 Å². The fourth-order valence-corrected chi connectivity index (χ4v) is 5.22. The van der Waals surface area contributed by atoms with E-state index in [0.717, 1.165) is 20.7 Å². The second kappa shape index (κ2) is 5.92. The van der Waals surface area contributed by atoms with E-state index in [0.29, 0.717) is 10.2 Å². The Labute approximate surface area is 131 Å². The van der Waals surface area contributed by atoms with Gasteiger partial charge in [-0.15, -0.1) is 11.3 Å². The normalized spacial score (nSPS) is 11.5. The molecule has 8 heteroatoms. The fraction of sp³-hybridized carbons (Fsp3) is 0.0909. The molecule has 0 saturated carbocycles. The van der Waals surface area contributed by atoms with Gasteiger partial charge in [-0.3, -0.25) is 4.72 Å². The highest BCUT2D eigenvalue weighted by Gasteiger charge is 2.18. The molecule has 0 radical (unpaired) electrons. The molecular formula is C11H9Br2NO3S2. The van der Waals surface area contributed by atoms with Gasteiger partial charge in [0.2, 0.25) is 0 Å². The minimum Gasteiger partial charge on any atom is -0.392 e. The van der Waals surface area contributed by atoms with Crippen molar-refractivity contribution in [1.29, 1.82) is 0 Å². The maximum atomic E-state index is 12.1. The maximum Gasteiger partial charge on any atom is 0.271 e. The van der Waals surface area contributed by atoms with Crippen molar-refractivity contribution < 1.29 is 13.5 Å². The summed E-state index contributed by atoms with van der Waals surface area (Å²) in [7, 11) is -3.59. The van der Waals surface area contributed by atoms with Gasteiger partial charge >= 0.3 is 0 Å². The first kappa shape index (κ1) is 15.0. The standard InChI is InChI=1S/C11H9Br2NO3S2/c12-9-5-10(18-11(9)13)19(16,17)14-8-3-1-7(6-15)2-4-8/h1-5,14-15H,6H2. The van der Waals surface area contributed by atoms with Crippen LogP contribution < -0.4 is 4.72 Å². The number of halogens is 2. The predicted octanol–water partition coefficient (Wildman–Crippen LogP) is 3.57. The molecule has 1 aromatic carbocycles. The summed E-state index contributed by atoms with van der Waals surface area (Å²) >= 11 is 7.65. The van der Waals surface area contributed by atoms with E-state index in [1.807, 2.05) is 0 Å². The van der Waals surface area contributed by atoms with Crippen LogP contribution in [0.1, 0.15) is 5.56 Å². The number of anilines is 1. The van der Waals surface area contributed by atoms with E-state index in [1.54, 1.807) is 30.3 Å². The van der Waals surface area contributed by atoms with Gasteiger partial charge in [-0.2, -0.15) is 0 Å². The number of aliphatic hydroxyl groups excluding tert-OH is 1. The van der Waals surface area contributed by atoms with Crippen molar-refractivity contribution in [2.24, 2.45) is 0 Å². The van der Waals surface area contributed by atoms with Gasteiger partial charge in [-0.05, 0) is 55.6 Å². The largest absolute Gasteiger partial charge is 0.392 e. The lowest BCUT2D eigenvalue weighted by Gasteiger charge is -2.06. The van der Waals surface area contributed by atoms with Crippen LogP contribution in [0.2, 0.25) is 0 Å². The lowest BCUT2D eigenvalue weighted by atomic mass is 10.2. The zero-order valence-electron chi connectivity index (χ0n) is 9.43. The average Bonchev–Trinajstić information content (AvgIpc) is 2.71. The molecule has 0 bridgehead atoms. The van der Waals surface area contributed by atoms with Crippen LogP contribution >= 0.6 is 43.2 Å². The molecule has 0 fully saturated rings. The van der Waals surface area contributed by atoms with Gasteiger partial charge in [-0.25, -0.2) is 8.42 Å². The Morgan fingerprint density at radius 1 is 1.21 bits per heavy atom. The van der Waals surface area contributed by atoms with Gasteiger partial charge in [0.15, 0.2) is 0 Å². The van der Waals surface area contributed by atoms with E-state index >= 15 is 0 Å². The summed E-state index contributed by atoms with van der Waals surface area (Å²) < 4.78 is 28.4. The molecule has 0 saturated heterocycles. The van der Waals surface area contributed by atoms with Crippen LogP contribution in [0.15, 0.2) is 42.8 Å². The van der Waals surface area contributed by atoms with Crippen molar-refractivity contribution in [2.45, 2.75) is 10.8 Å². The molecule has 2 N–H and O–H groups in total. The lowest BCUT2D eigenvalue weighted by Crippen LogP contribution is -2.11. The summed E-state index contributed by atoms with van der Waals surface area (Å²) in [6.45, 7) is -0.0716. The minimum atomic E-state index is -3.59. The van der Waals surface area contributed by atoms with Gasteiger partial charge in [0.1, 0.15) is 4.21 Å². The highest BCUT2D eigenvalue weighted by molar-refractivity contribution is 9.13. The molecule has 2 aromatic rings. The summed E-state index contributed by atoms with van der Waals surface area (Å²) in [6.07, 6.45) is 0. The highest BCUT2D eigenvalue weighted by atomic mass is 79.9. The Balaban J connectivity index is 2.25. The molecule has 0 aliphatic heterocycles. The van der Waals surface area contributed by atoms with Crippen LogP contribution in [0.3, 0.4) is 0 Å². The van der Waals surface area contributed by atoms with E-state index < -0.39 is 10.0 Å². The Kier molecular flexibility index (Phi) is 4.67. The highest BCUT2D eigenvalue weighted by Crippen LogP contribution is 2.35. The van der Waals surface area contributed by atoms with E-state index in [9.17, 15) is 8.42 Å². The van der Waals surface area contributed by atoms with Crippen LogP contribution in [-0.2, 0) is 16.6 Å². The Bertz CT molecular complexity index is 661. The minimum absolute atomic E-state index is 0.0716. The lowest BCUT2D eigenvalue weighted by molar-refractivity contribution is 0.282. The second-order valence-corrected chi connectivity index (χ2v) is 8.78. The quantitative estimate of drug-likeness (QED) is 0.785. The Morgan fingerprint density at radius 3 is 2.32 bits per heavy atom. The number of hydrogen-bond acceptors (Lipinski definition) is 4.